The highest BCUT2D eigenvalue weighted by Crippen LogP contribution is 2.34. The maximum atomic E-state index is 15.1. The minimum atomic E-state index is -0.648. The number of H-pyrrole nitrogens is 1. The topological polar surface area (TPSA) is 79.8 Å². The lowest BCUT2D eigenvalue weighted by Gasteiger charge is -2.13. The number of aryl methyl sites for hydroxylation is 1. The molecule has 0 saturated heterocycles. The van der Waals surface area contributed by atoms with Crippen LogP contribution in [0.4, 0.5) is 14.5 Å². The fourth-order valence-electron chi connectivity index (χ4n) is 4.74. The predicted molar refractivity (Wildman–Crippen MR) is 152 cm³/mol. The van der Waals surface area contributed by atoms with E-state index in [-0.39, 0.29) is 11.1 Å². The van der Waals surface area contributed by atoms with Gasteiger partial charge in [-0.15, -0.1) is 0 Å². The van der Waals surface area contributed by atoms with Crippen LogP contribution in [0.2, 0.25) is 0 Å². The van der Waals surface area contributed by atoms with E-state index < -0.39 is 23.1 Å². The van der Waals surface area contributed by atoms with E-state index in [9.17, 15) is 14.0 Å². The van der Waals surface area contributed by atoms with Crippen LogP contribution in [0.5, 0.6) is 0 Å². The minimum Gasteiger partial charge on any atom is -0.346 e. The summed E-state index contributed by atoms with van der Waals surface area (Å²) in [7, 11) is 0. The number of rotatable bonds is 5. The zero-order chi connectivity index (χ0) is 27.8. The molecule has 1 amide bonds. The second-order valence-electron chi connectivity index (χ2n) is 9.34. The van der Waals surface area contributed by atoms with E-state index in [2.05, 4.69) is 15.3 Å². The Labute approximate surface area is 227 Å². The quantitative estimate of drug-likeness (QED) is 0.254. The second-order valence-corrected chi connectivity index (χ2v) is 9.34. The molecule has 0 fully saturated rings. The van der Waals surface area contributed by atoms with E-state index >= 15 is 4.39 Å². The molecule has 196 valence electrons. The molecule has 8 heteroatoms. The Morgan fingerprint density at radius 2 is 1.65 bits per heavy atom. The number of carbonyl (C=O) groups excluding carboxylic acids is 1. The molecule has 3 heterocycles. The summed E-state index contributed by atoms with van der Waals surface area (Å²) in [5.41, 5.74) is 4.00. The molecule has 0 aliphatic rings. The largest absolute Gasteiger partial charge is 0.346 e. The predicted octanol–water partition coefficient (Wildman–Crippen LogP) is 6.89. The van der Waals surface area contributed by atoms with Crippen molar-refractivity contribution >= 4 is 22.6 Å². The van der Waals surface area contributed by atoms with Crippen molar-refractivity contribution < 1.29 is 13.6 Å². The average molecular weight is 533 g/mol. The number of pyridine rings is 2. The molecule has 0 saturated carbocycles. The smallest absolute Gasteiger partial charge is 0.268 e. The second kappa shape index (κ2) is 10.1. The third kappa shape index (κ3) is 4.56. The Morgan fingerprint density at radius 1 is 0.875 bits per heavy atom. The van der Waals surface area contributed by atoms with Gasteiger partial charge in [-0.2, -0.15) is 0 Å². The highest BCUT2D eigenvalue weighted by atomic mass is 19.1. The Hall–Kier alpha value is -5.37. The van der Waals surface area contributed by atoms with Gasteiger partial charge in [-0.05, 0) is 73.2 Å². The molecular weight excluding hydrogens is 510 g/mol. The van der Waals surface area contributed by atoms with Crippen LogP contribution >= 0.6 is 0 Å². The van der Waals surface area contributed by atoms with Gasteiger partial charge in [-0.1, -0.05) is 30.3 Å². The van der Waals surface area contributed by atoms with Crippen molar-refractivity contribution in [3.8, 4) is 27.9 Å². The van der Waals surface area contributed by atoms with E-state index in [1.54, 1.807) is 25.4 Å². The number of aromatic amines is 1. The first-order valence-electron chi connectivity index (χ1n) is 12.5. The lowest BCUT2D eigenvalue weighted by molar-refractivity contribution is 0.102. The maximum Gasteiger partial charge on any atom is 0.268 e. The Kier molecular flexibility index (Phi) is 6.28. The molecule has 0 aliphatic heterocycles. The number of nitrogens with one attached hydrogen (secondary N) is 2. The minimum absolute atomic E-state index is 0.107. The Balaban J connectivity index is 1.35. The van der Waals surface area contributed by atoms with Gasteiger partial charge in [0.25, 0.3) is 11.5 Å². The van der Waals surface area contributed by atoms with Crippen molar-refractivity contribution in [2.24, 2.45) is 0 Å². The molecule has 0 spiro atoms. The van der Waals surface area contributed by atoms with Crippen LogP contribution in [0.3, 0.4) is 0 Å². The molecule has 3 aromatic heterocycles. The van der Waals surface area contributed by atoms with Crippen molar-refractivity contribution in [3.05, 3.63) is 137 Å². The van der Waals surface area contributed by atoms with Crippen LogP contribution in [0.25, 0.3) is 39.0 Å². The van der Waals surface area contributed by atoms with Gasteiger partial charge >= 0.3 is 0 Å². The Morgan fingerprint density at radius 3 is 2.42 bits per heavy atom. The zero-order valence-electron chi connectivity index (χ0n) is 21.3. The van der Waals surface area contributed by atoms with Gasteiger partial charge in [-0.25, -0.2) is 13.8 Å². The van der Waals surface area contributed by atoms with E-state index in [1.807, 2.05) is 36.4 Å². The molecule has 3 aromatic carbocycles. The van der Waals surface area contributed by atoms with Gasteiger partial charge in [-0.3, -0.25) is 14.2 Å². The number of halogens is 2. The van der Waals surface area contributed by atoms with E-state index in [0.717, 1.165) is 16.5 Å². The van der Waals surface area contributed by atoms with Crippen molar-refractivity contribution in [3.63, 3.8) is 0 Å². The molecule has 0 aliphatic carbocycles. The first kappa shape index (κ1) is 24.9. The van der Waals surface area contributed by atoms with Crippen LogP contribution in [0.1, 0.15) is 16.1 Å². The van der Waals surface area contributed by atoms with Crippen LogP contribution < -0.4 is 10.9 Å². The standard InChI is InChI=1S/C32H22F2N4O2/c1-19-7-13-25(32(40)38(19)24-11-8-22(33)9-12-24)31(39)37-23-10-14-29(34)26(16-23)28-18-36-30-27(28)15-21(17-35-30)20-5-3-2-4-6-20/h2-18H,1H3,(H,35,36)(H,37,39). The molecule has 0 radical (unpaired) electrons. The SMILES string of the molecule is Cc1ccc(C(=O)Nc2ccc(F)c(-c3c[nH]c4ncc(-c5ccccc5)cc34)c2)c(=O)n1-c1ccc(F)cc1. The summed E-state index contributed by atoms with van der Waals surface area (Å²) in [6.45, 7) is 1.72. The summed E-state index contributed by atoms with van der Waals surface area (Å²) in [5, 5.41) is 3.44. The highest BCUT2D eigenvalue weighted by Gasteiger charge is 2.18. The number of hydrogen-bond donors (Lipinski definition) is 2. The molecule has 6 aromatic rings. The molecule has 2 N–H and O–H groups in total. The summed E-state index contributed by atoms with van der Waals surface area (Å²) >= 11 is 0. The van der Waals surface area contributed by atoms with Gasteiger partial charge in [0.2, 0.25) is 0 Å². The lowest BCUT2D eigenvalue weighted by atomic mass is 10.0. The zero-order valence-corrected chi connectivity index (χ0v) is 21.3. The van der Waals surface area contributed by atoms with Crippen molar-refractivity contribution in [2.75, 3.05) is 5.32 Å². The van der Waals surface area contributed by atoms with Gasteiger partial charge in [0, 0.05) is 51.5 Å². The number of amides is 1. The van der Waals surface area contributed by atoms with E-state index in [4.69, 9.17) is 0 Å². The van der Waals surface area contributed by atoms with Gasteiger partial charge < -0.3 is 10.3 Å². The van der Waals surface area contributed by atoms with E-state index in [0.29, 0.717) is 28.3 Å². The van der Waals surface area contributed by atoms with Gasteiger partial charge in [0.15, 0.2) is 0 Å². The summed E-state index contributed by atoms with van der Waals surface area (Å²) in [6.07, 6.45) is 3.43. The van der Waals surface area contributed by atoms with E-state index in [1.165, 1.54) is 53.1 Å². The number of aromatic nitrogens is 3. The first-order chi connectivity index (χ1) is 19.4. The van der Waals surface area contributed by atoms with Crippen LogP contribution in [0, 0.1) is 18.6 Å². The third-order valence-corrected chi connectivity index (χ3v) is 6.76. The normalized spacial score (nSPS) is 11.1. The van der Waals surface area contributed by atoms with Gasteiger partial charge in [0.05, 0.1) is 0 Å². The number of carbonyl (C=O) groups is 1. The fraction of sp³-hybridized carbons (Fsp3) is 0.0312. The summed E-state index contributed by atoms with van der Waals surface area (Å²) < 4.78 is 29.9. The molecule has 0 bridgehead atoms. The maximum absolute atomic E-state index is 15.1. The third-order valence-electron chi connectivity index (χ3n) is 6.76. The van der Waals surface area contributed by atoms with Crippen molar-refractivity contribution in [1.82, 2.24) is 14.5 Å². The summed E-state index contributed by atoms with van der Waals surface area (Å²) in [5.74, 6) is -1.55. The molecule has 6 rings (SSSR count). The number of anilines is 1. The van der Waals surface area contributed by atoms with Crippen LogP contribution in [-0.4, -0.2) is 20.4 Å². The number of fused-ring (bicyclic) bond motifs is 1. The summed E-state index contributed by atoms with van der Waals surface area (Å²) in [6, 6.07) is 24.4. The average Bonchev–Trinajstić information content (AvgIpc) is 3.38. The first-order valence-corrected chi connectivity index (χ1v) is 12.5. The van der Waals surface area contributed by atoms with Gasteiger partial charge in [0.1, 0.15) is 22.8 Å². The number of hydrogen-bond acceptors (Lipinski definition) is 3. The number of nitrogens with zero attached hydrogens (tertiary/aromatic N) is 2. The molecule has 0 unspecified atom stereocenters. The van der Waals surface area contributed by atoms with Crippen molar-refractivity contribution in [2.45, 2.75) is 6.92 Å². The lowest BCUT2D eigenvalue weighted by Crippen LogP contribution is -2.29. The molecular formula is C32H22F2N4O2. The summed E-state index contributed by atoms with van der Waals surface area (Å²) in [4.78, 5) is 34.0. The highest BCUT2D eigenvalue weighted by molar-refractivity contribution is 6.05. The van der Waals surface area contributed by atoms with Crippen molar-refractivity contribution in [1.29, 1.82) is 0 Å². The monoisotopic (exact) mass is 532 g/mol. The molecule has 0 atom stereocenters. The fourth-order valence-corrected chi connectivity index (χ4v) is 4.74. The van der Waals surface area contributed by atoms with Crippen LogP contribution in [-0.2, 0) is 0 Å². The Bertz CT molecular complexity index is 1940. The number of benzene rings is 3. The molecule has 6 nitrogen and oxygen atoms in total. The molecule has 40 heavy (non-hydrogen) atoms. The van der Waals surface area contributed by atoms with Crippen LogP contribution in [0.15, 0.2) is 108 Å².